The van der Waals surface area contributed by atoms with Gasteiger partial charge in [-0.3, -0.25) is 0 Å². The summed E-state index contributed by atoms with van der Waals surface area (Å²) < 4.78 is 50.8. The topological polar surface area (TPSA) is 68.1 Å². The van der Waals surface area contributed by atoms with Crippen LogP contribution < -0.4 is 14.8 Å². The van der Waals surface area contributed by atoms with Gasteiger partial charge in [-0.15, -0.1) is 0 Å². The molecule has 1 unspecified atom stereocenters. The third-order valence-electron chi connectivity index (χ3n) is 5.89. The first kappa shape index (κ1) is 26.2. The van der Waals surface area contributed by atoms with E-state index in [0.29, 0.717) is 36.7 Å². The summed E-state index contributed by atoms with van der Waals surface area (Å²) in [4.78, 5) is 18.7. The number of alkyl halides is 3. The molecule has 0 spiro atoms. The lowest BCUT2D eigenvalue weighted by Gasteiger charge is -2.26. The van der Waals surface area contributed by atoms with Gasteiger partial charge < -0.3 is 24.1 Å². The highest BCUT2D eigenvalue weighted by atomic mass is 19.4. The average Bonchev–Trinajstić information content (AvgIpc) is 3.32. The number of ether oxygens (including phenoxy) is 2. The first-order chi connectivity index (χ1) is 16.7. The molecule has 0 fully saturated rings. The molecule has 10 heteroatoms. The van der Waals surface area contributed by atoms with E-state index in [-0.39, 0.29) is 12.5 Å². The number of urea groups is 1. The van der Waals surface area contributed by atoms with Crippen molar-refractivity contribution in [2.75, 3.05) is 20.8 Å². The molecule has 0 bridgehead atoms. The van der Waals surface area contributed by atoms with E-state index in [2.05, 4.69) is 10.3 Å². The quantitative estimate of drug-likeness (QED) is 0.396. The maximum atomic E-state index is 12.8. The molecule has 35 heavy (non-hydrogen) atoms. The lowest BCUT2D eigenvalue weighted by molar-refractivity contribution is -0.136. The summed E-state index contributed by atoms with van der Waals surface area (Å²) in [6.07, 6.45) is 0.534. The van der Waals surface area contributed by atoms with E-state index >= 15 is 0 Å². The lowest BCUT2D eigenvalue weighted by atomic mass is 10.0. The highest BCUT2D eigenvalue weighted by Crippen LogP contribution is 2.34. The van der Waals surface area contributed by atoms with Crippen molar-refractivity contribution in [1.82, 2.24) is 19.6 Å². The molecule has 1 atom stereocenters. The molecule has 2 heterocycles. The molecule has 0 aliphatic carbocycles. The molecule has 3 aromatic rings. The number of carbonyl (C=O) groups excluding carboxylic acids is 1. The van der Waals surface area contributed by atoms with E-state index in [1.54, 1.807) is 32.2 Å². The van der Waals surface area contributed by atoms with E-state index in [0.717, 1.165) is 16.7 Å². The molecular formula is C25H31F3N4O3. The molecule has 3 rings (SSSR count). The Morgan fingerprint density at radius 2 is 1.91 bits per heavy atom. The molecule has 7 nitrogen and oxygen atoms in total. The van der Waals surface area contributed by atoms with Crippen LogP contribution in [0, 0.1) is 0 Å². The third kappa shape index (κ3) is 6.58. The summed E-state index contributed by atoms with van der Waals surface area (Å²) in [6, 6.07) is 6.58. The van der Waals surface area contributed by atoms with Crippen LogP contribution in [0.3, 0.4) is 0 Å². The van der Waals surface area contributed by atoms with Gasteiger partial charge in [0.2, 0.25) is 0 Å². The van der Waals surface area contributed by atoms with Gasteiger partial charge in [0, 0.05) is 55.3 Å². The fourth-order valence-electron chi connectivity index (χ4n) is 3.91. The number of carbonyl (C=O) groups is 1. The molecule has 0 saturated carbocycles. The Morgan fingerprint density at radius 1 is 1.17 bits per heavy atom. The molecule has 1 N–H and O–H groups in total. The predicted molar refractivity (Wildman–Crippen MR) is 128 cm³/mol. The van der Waals surface area contributed by atoms with Gasteiger partial charge in [0.1, 0.15) is 5.75 Å². The zero-order chi connectivity index (χ0) is 25.6. The van der Waals surface area contributed by atoms with Crippen LogP contribution in [0.4, 0.5) is 18.0 Å². The third-order valence-corrected chi connectivity index (χ3v) is 5.89. The number of methoxy groups -OCH3 is 2. The van der Waals surface area contributed by atoms with E-state index < -0.39 is 18.6 Å². The normalized spacial score (nSPS) is 12.4. The van der Waals surface area contributed by atoms with Crippen molar-refractivity contribution in [3.8, 4) is 22.6 Å². The zero-order valence-corrected chi connectivity index (χ0v) is 20.4. The molecule has 0 aliphatic heterocycles. The Hall–Kier alpha value is -3.43. The highest BCUT2D eigenvalue weighted by Gasteiger charge is 2.28. The van der Waals surface area contributed by atoms with Crippen molar-refractivity contribution in [2.45, 2.75) is 51.9 Å². The Morgan fingerprint density at radius 3 is 2.54 bits per heavy atom. The second kappa shape index (κ2) is 11.3. The number of nitrogens with zero attached hydrogens (tertiary/aromatic N) is 3. The van der Waals surface area contributed by atoms with E-state index in [9.17, 15) is 18.0 Å². The van der Waals surface area contributed by atoms with Crippen LogP contribution in [0.2, 0.25) is 0 Å². The molecule has 0 radical (unpaired) electrons. The van der Waals surface area contributed by atoms with Crippen LogP contribution in [0.5, 0.6) is 11.5 Å². The second-order valence-electron chi connectivity index (χ2n) is 8.21. The number of benzene rings is 1. The van der Waals surface area contributed by atoms with Gasteiger partial charge in [0.05, 0.1) is 14.2 Å². The van der Waals surface area contributed by atoms with E-state index in [1.165, 1.54) is 0 Å². The van der Waals surface area contributed by atoms with Gasteiger partial charge in [-0.25, -0.2) is 9.78 Å². The highest BCUT2D eigenvalue weighted by molar-refractivity contribution is 5.76. The van der Waals surface area contributed by atoms with Crippen molar-refractivity contribution in [2.24, 2.45) is 0 Å². The molecule has 190 valence electrons. The van der Waals surface area contributed by atoms with Crippen LogP contribution in [0.1, 0.15) is 38.7 Å². The Kier molecular flexibility index (Phi) is 8.48. The smallest absolute Gasteiger partial charge is 0.389 e. The summed E-state index contributed by atoms with van der Waals surface area (Å²) in [6.45, 7) is 4.29. The molecule has 0 saturated heterocycles. The SMILES string of the molecule is CCC(CCC(F)(F)F)NC(=O)N(CC)Cc1ccc(OC)c(-c2cc(OC)c3nccn3c2)c1. The number of nitrogens with one attached hydrogen (secondary N) is 1. The van der Waals surface area contributed by atoms with Crippen molar-refractivity contribution in [3.63, 3.8) is 0 Å². The number of fused-ring (bicyclic) bond motifs is 1. The maximum Gasteiger partial charge on any atom is 0.389 e. The summed E-state index contributed by atoms with van der Waals surface area (Å²) in [5, 5.41) is 2.75. The summed E-state index contributed by atoms with van der Waals surface area (Å²) in [5.74, 6) is 1.26. The van der Waals surface area contributed by atoms with Gasteiger partial charge in [0.15, 0.2) is 11.4 Å². The van der Waals surface area contributed by atoms with Crippen molar-refractivity contribution in [3.05, 3.63) is 48.4 Å². The fraction of sp³-hybridized carbons (Fsp3) is 0.440. The Balaban J connectivity index is 1.82. The number of hydrogen-bond donors (Lipinski definition) is 1. The molecule has 2 amide bonds. The molecular weight excluding hydrogens is 461 g/mol. The molecule has 1 aromatic carbocycles. The molecule has 0 aliphatic rings. The van der Waals surface area contributed by atoms with Crippen LogP contribution in [-0.4, -0.2) is 53.3 Å². The number of halogens is 3. The van der Waals surface area contributed by atoms with Crippen molar-refractivity contribution >= 4 is 11.7 Å². The second-order valence-corrected chi connectivity index (χ2v) is 8.21. The maximum absolute atomic E-state index is 12.8. The number of imidazole rings is 1. The summed E-state index contributed by atoms with van der Waals surface area (Å²) >= 11 is 0. The fourth-order valence-corrected chi connectivity index (χ4v) is 3.91. The number of rotatable bonds is 10. The lowest BCUT2D eigenvalue weighted by Crippen LogP contribution is -2.44. The van der Waals surface area contributed by atoms with Crippen LogP contribution in [-0.2, 0) is 6.54 Å². The van der Waals surface area contributed by atoms with E-state index in [4.69, 9.17) is 9.47 Å². The number of pyridine rings is 1. The molecule has 2 aromatic heterocycles. The van der Waals surface area contributed by atoms with Gasteiger partial charge in [0.25, 0.3) is 0 Å². The van der Waals surface area contributed by atoms with Crippen LogP contribution in [0.15, 0.2) is 42.9 Å². The summed E-state index contributed by atoms with van der Waals surface area (Å²) in [5.41, 5.74) is 3.20. The van der Waals surface area contributed by atoms with Crippen molar-refractivity contribution < 1.29 is 27.4 Å². The minimum atomic E-state index is -4.25. The average molecular weight is 493 g/mol. The van der Waals surface area contributed by atoms with Crippen LogP contribution in [0.25, 0.3) is 16.8 Å². The number of aromatic nitrogens is 2. The zero-order valence-electron chi connectivity index (χ0n) is 20.4. The Labute approximate surface area is 202 Å². The minimum absolute atomic E-state index is 0.144. The van der Waals surface area contributed by atoms with Crippen LogP contribution >= 0.6 is 0 Å². The minimum Gasteiger partial charge on any atom is -0.496 e. The van der Waals surface area contributed by atoms with Gasteiger partial charge in [-0.05, 0) is 43.5 Å². The first-order valence-corrected chi connectivity index (χ1v) is 11.5. The van der Waals surface area contributed by atoms with Gasteiger partial charge >= 0.3 is 12.2 Å². The largest absolute Gasteiger partial charge is 0.496 e. The monoisotopic (exact) mass is 492 g/mol. The standard InChI is InChI=1S/C25H31F3N4O3/c1-5-19(9-10-25(26,27)28)30-24(33)31(6-2)15-17-7-8-21(34-3)20(13-17)18-14-22(35-4)23-29-11-12-32(23)16-18/h7-8,11-14,16,19H,5-6,9-10,15H2,1-4H3,(H,30,33). The van der Waals surface area contributed by atoms with Gasteiger partial charge in [-0.1, -0.05) is 13.0 Å². The first-order valence-electron chi connectivity index (χ1n) is 11.5. The van der Waals surface area contributed by atoms with Crippen molar-refractivity contribution in [1.29, 1.82) is 0 Å². The predicted octanol–water partition coefficient (Wildman–Crippen LogP) is 5.67. The number of hydrogen-bond acceptors (Lipinski definition) is 4. The van der Waals surface area contributed by atoms with Gasteiger partial charge in [-0.2, -0.15) is 13.2 Å². The van der Waals surface area contributed by atoms with E-state index in [1.807, 2.05) is 48.0 Å². The number of amides is 2. The Bertz CT molecular complexity index is 1150. The summed E-state index contributed by atoms with van der Waals surface area (Å²) in [7, 11) is 3.17.